The molecular weight excluding hydrogens is 328 g/mol. The fourth-order valence-corrected chi connectivity index (χ4v) is 3.90. The maximum absolute atomic E-state index is 11.8. The normalized spacial score (nSPS) is 16.2. The number of hydrogen-bond acceptors (Lipinski definition) is 4. The lowest BCUT2D eigenvalue weighted by Crippen LogP contribution is -2.29. The first-order chi connectivity index (χ1) is 11.5. The zero-order valence-corrected chi connectivity index (χ0v) is 13.8. The van der Waals surface area contributed by atoms with Crippen LogP contribution in [0.15, 0.2) is 48.5 Å². The largest absolute Gasteiger partial charge is 0.506 e. The molecule has 2 aromatic rings. The molecule has 0 unspecified atom stereocenters. The minimum atomic E-state index is -3.90. The van der Waals surface area contributed by atoms with Gasteiger partial charge in [-0.1, -0.05) is 36.4 Å². The Morgan fingerprint density at radius 2 is 1.75 bits per heavy atom. The third-order valence-electron chi connectivity index (χ3n) is 3.90. The number of aromatic hydroxyl groups is 1. The van der Waals surface area contributed by atoms with Gasteiger partial charge in [0.05, 0.1) is 5.69 Å². The van der Waals surface area contributed by atoms with Crippen LogP contribution in [-0.2, 0) is 27.8 Å². The van der Waals surface area contributed by atoms with Crippen LogP contribution in [0.2, 0.25) is 0 Å². The molecule has 0 aliphatic carbocycles. The van der Waals surface area contributed by atoms with Gasteiger partial charge < -0.3 is 5.11 Å². The van der Waals surface area contributed by atoms with Gasteiger partial charge in [0.15, 0.2) is 0 Å². The van der Waals surface area contributed by atoms with Gasteiger partial charge in [-0.3, -0.25) is 4.79 Å². The fraction of sp³-hybridized carbons (Fsp3) is 0.235. The molecule has 1 fully saturated rings. The van der Waals surface area contributed by atoms with Gasteiger partial charge in [0, 0.05) is 0 Å². The second-order valence-electron chi connectivity index (χ2n) is 5.70. The first-order valence-electron chi connectivity index (χ1n) is 7.65. The summed E-state index contributed by atoms with van der Waals surface area (Å²) in [6, 6.07) is 15.0. The zero-order chi connectivity index (χ0) is 17.2. The van der Waals surface area contributed by atoms with E-state index in [1.165, 1.54) is 11.6 Å². The summed E-state index contributed by atoms with van der Waals surface area (Å²) in [5.74, 6) is -0.756. The van der Waals surface area contributed by atoms with E-state index in [-0.39, 0.29) is 18.0 Å². The number of phenols is 1. The summed E-state index contributed by atoms with van der Waals surface area (Å²) in [4.78, 5) is 11.3. The number of aryl methyl sites for hydroxylation is 2. The van der Waals surface area contributed by atoms with E-state index in [4.69, 9.17) is 0 Å². The molecule has 1 aliphatic heterocycles. The first-order valence-corrected chi connectivity index (χ1v) is 9.09. The quantitative estimate of drug-likeness (QED) is 0.863. The Bertz CT molecular complexity index is 850. The van der Waals surface area contributed by atoms with Crippen LogP contribution in [0.1, 0.15) is 17.5 Å². The summed E-state index contributed by atoms with van der Waals surface area (Å²) in [6.45, 7) is -0.316. The van der Waals surface area contributed by atoms with E-state index >= 15 is 0 Å². The van der Waals surface area contributed by atoms with Gasteiger partial charge >= 0.3 is 10.2 Å². The number of benzene rings is 2. The highest BCUT2D eigenvalue weighted by Gasteiger charge is 2.35. The Morgan fingerprint density at radius 3 is 2.38 bits per heavy atom. The van der Waals surface area contributed by atoms with Crippen molar-refractivity contribution in [3.8, 4) is 5.75 Å². The second kappa shape index (κ2) is 6.52. The van der Waals surface area contributed by atoms with E-state index in [0.29, 0.717) is 0 Å². The van der Waals surface area contributed by atoms with E-state index in [1.807, 2.05) is 22.9 Å². The molecule has 1 amide bonds. The predicted molar refractivity (Wildman–Crippen MR) is 91.0 cm³/mol. The van der Waals surface area contributed by atoms with Crippen molar-refractivity contribution in [1.82, 2.24) is 4.72 Å². The first kappa shape index (κ1) is 16.3. The lowest BCUT2D eigenvalue weighted by molar-refractivity contribution is -0.117. The molecule has 2 aromatic carbocycles. The highest BCUT2D eigenvalue weighted by molar-refractivity contribution is 7.92. The number of anilines is 1. The molecule has 0 atom stereocenters. The van der Waals surface area contributed by atoms with Crippen molar-refractivity contribution in [2.24, 2.45) is 0 Å². The van der Waals surface area contributed by atoms with Crippen LogP contribution in [0.25, 0.3) is 0 Å². The molecule has 24 heavy (non-hydrogen) atoms. The third kappa shape index (κ3) is 3.51. The summed E-state index contributed by atoms with van der Waals surface area (Å²) >= 11 is 0. The van der Waals surface area contributed by atoms with E-state index in [2.05, 4.69) is 12.1 Å². The van der Waals surface area contributed by atoms with Crippen molar-refractivity contribution < 1.29 is 18.3 Å². The molecule has 3 rings (SSSR count). The highest BCUT2D eigenvalue weighted by atomic mass is 32.2. The fourth-order valence-electron chi connectivity index (χ4n) is 2.74. The Kier molecular flexibility index (Phi) is 4.44. The molecule has 6 nitrogen and oxygen atoms in total. The summed E-state index contributed by atoms with van der Waals surface area (Å²) in [7, 11) is -3.90. The number of hydrogen-bond donors (Lipinski definition) is 2. The minimum absolute atomic E-state index is 0.111. The number of nitrogens with zero attached hydrogens (tertiary/aromatic N) is 1. The SMILES string of the molecule is O=C1CN(c2ccc(CCCc3ccccc3)cc2O)S(=O)(=O)N1. The summed E-state index contributed by atoms with van der Waals surface area (Å²) in [6.07, 6.45) is 2.62. The van der Waals surface area contributed by atoms with Crippen molar-refractivity contribution in [2.45, 2.75) is 19.3 Å². The smallest absolute Gasteiger partial charge is 0.326 e. The number of carbonyl (C=O) groups excluding carboxylic acids is 1. The van der Waals surface area contributed by atoms with Gasteiger partial charge in [0.25, 0.3) is 5.91 Å². The van der Waals surface area contributed by atoms with Gasteiger partial charge in [0.1, 0.15) is 12.3 Å². The van der Waals surface area contributed by atoms with Crippen molar-refractivity contribution in [2.75, 3.05) is 10.8 Å². The summed E-state index contributed by atoms with van der Waals surface area (Å²) < 4.78 is 26.4. The van der Waals surface area contributed by atoms with E-state index in [1.54, 1.807) is 12.1 Å². The Labute approximate surface area is 140 Å². The van der Waals surface area contributed by atoms with Crippen LogP contribution in [0.5, 0.6) is 5.75 Å². The number of carbonyl (C=O) groups is 1. The predicted octanol–water partition coefficient (Wildman–Crippen LogP) is 1.75. The molecule has 7 heteroatoms. The number of nitrogens with one attached hydrogen (secondary N) is 1. The van der Waals surface area contributed by atoms with Gasteiger partial charge in [-0.05, 0) is 42.5 Å². The molecule has 1 saturated heterocycles. The van der Waals surface area contributed by atoms with Gasteiger partial charge in [0.2, 0.25) is 0 Å². The molecular formula is C17H18N2O4S. The molecule has 1 aliphatic rings. The van der Waals surface area contributed by atoms with Crippen LogP contribution in [0, 0.1) is 0 Å². The maximum atomic E-state index is 11.8. The Balaban J connectivity index is 1.68. The summed E-state index contributed by atoms with van der Waals surface area (Å²) in [5, 5.41) is 10.1. The van der Waals surface area contributed by atoms with Crippen LogP contribution in [-0.4, -0.2) is 26.0 Å². The van der Waals surface area contributed by atoms with Crippen LogP contribution >= 0.6 is 0 Å². The Morgan fingerprint density at radius 1 is 1.04 bits per heavy atom. The van der Waals surface area contributed by atoms with Gasteiger partial charge in [-0.15, -0.1) is 0 Å². The lowest BCUT2D eigenvalue weighted by Gasteiger charge is -2.16. The Hall–Kier alpha value is -2.54. The van der Waals surface area contributed by atoms with Gasteiger partial charge in [-0.2, -0.15) is 8.42 Å². The summed E-state index contributed by atoms with van der Waals surface area (Å²) in [5.41, 5.74) is 2.29. The standard InChI is InChI=1S/C17H18N2O4S/c20-16-11-14(8-4-7-13-5-2-1-3-6-13)9-10-15(16)19-12-17(21)18-24(19,22)23/h1-3,5-6,9-11,20H,4,7-8,12H2,(H,18,21). The number of amides is 1. The van der Waals surface area contributed by atoms with Crippen molar-refractivity contribution in [3.63, 3.8) is 0 Å². The molecule has 2 N–H and O–H groups in total. The molecule has 0 saturated carbocycles. The molecule has 1 heterocycles. The van der Waals surface area contributed by atoms with Crippen LogP contribution in [0.3, 0.4) is 0 Å². The maximum Gasteiger partial charge on any atom is 0.326 e. The molecule has 0 bridgehead atoms. The zero-order valence-electron chi connectivity index (χ0n) is 13.0. The topological polar surface area (TPSA) is 86.7 Å². The third-order valence-corrected chi connectivity index (χ3v) is 5.29. The van der Waals surface area contributed by atoms with Crippen molar-refractivity contribution in [1.29, 1.82) is 0 Å². The van der Waals surface area contributed by atoms with Gasteiger partial charge in [-0.25, -0.2) is 9.03 Å². The second-order valence-corrected chi connectivity index (χ2v) is 7.29. The molecule has 0 spiro atoms. The average Bonchev–Trinajstić information content (AvgIpc) is 2.81. The van der Waals surface area contributed by atoms with Crippen molar-refractivity contribution in [3.05, 3.63) is 59.7 Å². The minimum Gasteiger partial charge on any atom is -0.506 e. The molecule has 0 aromatic heterocycles. The monoisotopic (exact) mass is 346 g/mol. The lowest BCUT2D eigenvalue weighted by atomic mass is 10.0. The van der Waals surface area contributed by atoms with E-state index in [9.17, 15) is 18.3 Å². The van der Waals surface area contributed by atoms with E-state index < -0.39 is 16.1 Å². The molecule has 0 radical (unpaired) electrons. The number of rotatable bonds is 5. The molecule has 126 valence electrons. The highest BCUT2D eigenvalue weighted by Crippen LogP contribution is 2.31. The average molecular weight is 346 g/mol. The van der Waals surface area contributed by atoms with Crippen LogP contribution < -0.4 is 9.03 Å². The number of phenolic OH excluding ortho intramolecular Hbond substituents is 1. The van der Waals surface area contributed by atoms with Crippen molar-refractivity contribution >= 4 is 21.8 Å². The van der Waals surface area contributed by atoms with Crippen LogP contribution in [0.4, 0.5) is 5.69 Å². The van der Waals surface area contributed by atoms with E-state index in [0.717, 1.165) is 29.1 Å².